The SMILES string of the molecule is CCCCC(CC)Cc1cc(-c2ccc(-c3ccc(OCC4CO4)cc3)cc2)ccc1OCC1CO1. The Kier molecular flexibility index (Phi) is 8.25. The Hall–Kier alpha value is -2.82. The van der Waals surface area contributed by atoms with Gasteiger partial charge in [-0.3, -0.25) is 0 Å². The second kappa shape index (κ2) is 11.9. The molecule has 5 rings (SSSR count). The number of rotatable bonds is 14. The summed E-state index contributed by atoms with van der Waals surface area (Å²) in [4.78, 5) is 0. The summed E-state index contributed by atoms with van der Waals surface area (Å²) in [6, 6.07) is 23.8. The van der Waals surface area contributed by atoms with Gasteiger partial charge in [-0.25, -0.2) is 0 Å². The Bertz CT molecular complexity index is 1100. The lowest BCUT2D eigenvalue weighted by atomic mass is 9.90. The molecule has 0 aromatic heterocycles. The highest BCUT2D eigenvalue weighted by Crippen LogP contribution is 2.32. The quantitative estimate of drug-likeness (QED) is 0.224. The zero-order chi connectivity index (χ0) is 24.7. The molecule has 0 radical (unpaired) electrons. The largest absolute Gasteiger partial charge is 0.491 e. The Morgan fingerprint density at radius 3 is 1.89 bits per heavy atom. The lowest BCUT2D eigenvalue weighted by Crippen LogP contribution is -2.09. The van der Waals surface area contributed by atoms with E-state index in [1.54, 1.807) is 0 Å². The van der Waals surface area contributed by atoms with Gasteiger partial charge in [0.15, 0.2) is 0 Å². The van der Waals surface area contributed by atoms with Gasteiger partial charge < -0.3 is 18.9 Å². The van der Waals surface area contributed by atoms with E-state index in [-0.39, 0.29) is 12.2 Å². The van der Waals surface area contributed by atoms with Crippen LogP contribution in [0.1, 0.15) is 45.1 Å². The standard InChI is InChI=1S/C32H38O4/c1-3-5-6-23(4-2)17-28-18-27(13-16-32(28)36-22-31-21-35-31)26-9-7-24(8-10-26)25-11-14-29(15-12-25)33-19-30-20-34-30/h7-16,18,23,30-31H,3-6,17,19-22H2,1-2H3. The number of benzene rings is 3. The first-order valence-electron chi connectivity index (χ1n) is 13.5. The van der Waals surface area contributed by atoms with E-state index >= 15 is 0 Å². The van der Waals surface area contributed by atoms with Crippen molar-refractivity contribution in [2.24, 2.45) is 5.92 Å². The summed E-state index contributed by atoms with van der Waals surface area (Å²) in [6.07, 6.45) is 6.60. The Morgan fingerprint density at radius 1 is 0.750 bits per heavy atom. The number of hydrogen-bond donors (Lipinski definition) is 0. The van der Waals surface area contributed by atoms with E-state index in [4.69, 9.17) is 18.9 Å². The Labute approximate surface area is 215 Å². The third-order valence-corrected chi connectivity index (χ3v) is 7.18. The van der Waals surface area contributed by atoms with E-state index < -0.39 is 0 Å². The fourth-order valence-corrected chi connectivity index (χ4v) is 4.61. The Morgan fingerprint density at radius 2 is 1.31 bits per heavy atom. The van der Waals surface area contributed by atoms with E-state index in [1.807, 2.05) is 12.1 Å². The second-order valence-electron chi connectivity index (χ2n) is 10.1. The van der Waals surface area contributed by atoms with E-state index in [1.165, 1.54) is 53.5 Å². The normalized spacial score (nSPS) is 19.1. The topological polar surface area (TPSA) is 43.5 Å². The van der Waals surface area contributed by atoms with Crippen LogP contribution in [0.4, 0.5) is 0 Å². The molecule has 0 N–H and O–H groups in total. The molecule has 2 aliphatic rings. The van der Waals surface area contributed by atoms with Crippen molar-refractivity contribution >= 4 is 0 Å². The van der Waals surface area contributed by atoms with Crippen LogP contribution in [-0.4, -0.2) is 38.6 Å². The first-order valence-corrected chi connectivity index (χ1v) is 13.5. The maximum Gasteiger partial charge on any atom is 0.122 e. The number of hydrogen-bond acceptors (Lipinski definition) is 4. The van der Waals surface area contributed by atoms with Gasteiger partial charge in [-0.1, -0.05) is 82.0 Å². The maximum absolute atomic E-state index is 6.18. The molecule has 2 fully saturated rings. The second-order valence-corrected chi connectivity index (χ2v) is 10.1. The predicted molar refractivity (Wildman–Crippen MR) is 145 cm³/mol. The molecule has 3 atom stereocenters. The van der Waals surface area contributed by atoms with Crippen molar-refractivity contribution < 1.29 is 18.9 Å². The van der Waals surface area contributed by atoms with Crippen LogP contribution >= 0.6 is 0 Å². The predicted octanol–water partition coefficient (Wildman–Crippen LogP) is 7.33. The van der Waals surface area contributed by atoms with Gasteiger partial charge in [0.05, 0.1) is 13.2 Å². The minimum absolute atomic E-state index is 0.264. The van der Waals surface area contributed by atoms with Crippen molar-refractivity contribution in [1.29, 1.82) is 0 Å². The van der Waals surface area contributed by atoms with Crippen LogP contribution in [0.5, 0.6) is 11.5 Å². The van der Waals surface area contributed by atoms with Crippen LogP contribution < -0.4 is 9.47 Å². The molecule has 190 valence electrons. The molecule has 0 saturated carbocycles. The van der Waals surface area contributed by atoms with Gasteiger partial charge in [0, 0.05) is 0 Å². The third kappa shape index (κ3) is 6.89. The highest BCUT2D eigenvalue weighted by atomic mass is 16.6. The molecule has 4 nitrogen and oxygen atoms in total. The highest BCUT2D eigenvalue weighted by molar-refractivity contribution is 5.71. The van der Waals surface area contributed by atoms with Crippen LogP contribution in [-0.2, 0) is 15.9 Å². The molecule has 2 saturated heterocycles. The fraction of sp³-hybridized carbons (Fsp3) is 0.438. The summed E-state index contributed by atoms with van der Waals surface area (Å²) in [5, 5.41) is 0. The molecule has 0 aliphatic carbocycles. The van der Waals surface area contributed by atoms with Crippen LogP contribution in [0.3, 0.4) is 0 Å². The monoisotopic (exact) mass is 486 g/mol. The van der Waals surface area contributed by atoms with Crippen LogP contribution in [0, 0.1) is 5.92 Å². The van der Waals surface area contributed by atoms with Crippen molar-refractivity contribution in [3.63, 3.8) is 0 Å². The van der Waals surface area contributed by atoms with E-state index in [9.17, 15) is 0 Å². The first kappa shape index (κ1) is 24.9. The summed E-state index contributed by atoms with van der Waals surface area (Å²) < 4.78 is 22.5. The Balaban J connectivity index is 1.30. The zero-order valence-corrected chi connectivity index (χ0v) is 21.6. The molecule has 0 bridgehead atoms. The third-order valence-electron chi connectivity index (χ3n) is 7.18. The molecule has 3 aromatic carbocycles. The molecular formula is C32H38O4. The smallest absolute Gasteiger partial charge is 0.122 e. The van der Waals surface area contributed by atoms with Crippen LogP contribution in [0.15, 0.2) is 66.7 Å². The lowest BCUT2D eigenvalue weighted by Gasteiger charge is -2.18. The van der Waals surface area contributed by atoms with Gasteiger partial charge in [-0.05, 0) is 64.4 Å². The molecule has 4 heteroatoms. The minimum Gasteiger partial charge on any atom is -0.491 e. The van der Waals surface area contributed by atoms with Gasteiger partial charge in [-0.2, -0.15) is 0 Å². The average Bonchev–Trinajstić information content (AvgIpc) is 3.85. The zero-order valence-electron chi connectivity index (χ0n) is 21.6. The van der Waals surface area contributed by atoms with Crippen molar-refractivity contribution in [2.45, 2.75) is 58.2 Å². The molecule has 0 amide bonds. The van der Waals surface area contributed by atoms with Crippen LogP contribution in [0.25, 0.3) is 22.3 Å². The molecule has 2 heterocycles. The van der Waals surface area contributed by atoms with Gasteiger partial charge in [0.25, 0.3) is 0 Å². The number of unbranched alkanes of at least 4 members (excludes halogenated alkanes) is 1. The molecule has 2 aliphatic heterocycles. The van der Waals surface area contributed by atoms with Crippen molar-refractivity contribution in [3.8, 4) is 33.8 Å². The van der Waals surface area contributed by atoms with E-state index in [0.29, 0.717) is 19.1 Å². The average molecular weight is 487 g/mol. The van der Waals surface area contributed by atoms with Gasteiger partial charge in [0.1, 0.15) is 36.9 Å². The fourth-order valence-electron chi connectivity index (χ4n) is 4.61. The summed E-state index contributed by atoms with van der Waals surface area (Å²) in [7, 11) is 0. The summed E-state index contributed by atoms with van der Waals surface area (Å²) in [5.41, 5.74) is 6.16. The summed E-state index contributed by atoms with van der Waals surface area (Å²) in [6.45, 7) is 7.49. The molecular weight excluding hydrogens is 448 g/mol. The van der Waals surface area contributed by atoms with Gasteiger partial charge >= 0.3 is 0 Å². The van der Waals surface area contributed by atoms with E-state index in [0.717, 1.165) is 31.1 Å². The molecule has 3 aromatic rings. The summed E-state index contributed by atoms with van der Waals surface area (Å²) >= 11 is 0. The maximum atomic E-state index is 6.18. The number of epoxide rings is 2. The van der Waals surface area contributed by atoms with E-state index in [2.05, 4.69) is 68.4 Å². The first-order chi connectivity index (χ1) is 17.7. The summed E-state index contributed by atoms with van der Waals surface area (Å²) in [5.74, 6) is 2.58. The number of ether oxygens (including phenoxy) is 4. The minimum atomic E-state index is 0.264. The highest BCUT2D eigenvalue weighted by Gasteiger charge is 2.24. The van der Waals surface area contributed by atoms with Crippen LogP contribution in [0.2, 0.25) is 0 Å². The van der Waals surface area contributed by atoms with Crippen molar-refractivity contribution in [1.82, 2.24) is 0 Å². The lowest BCUT2D eigenvalue weighted by molar-refractivity contribution is 0.260. The van der Waals surface area contributed by atoms with Crippen molar-refractivity contribution in [2.75, 3.05) is 26.4 Å². The van der Waals surface area contributed by atoms with Gasteiger partial charge in [-0.15, -0.1) is 0 Å². The molecule has 0 spiro atoms. The van der Waals surface area contributed by atoms with Gasteiger partial charge in [0.2, 0.25) is 0 Å². The van der Waals surface area contributed by atoms with Crippen molar-refractivity contribution in [3.05, 3.63) is 72.3 Å². The molecule has 3 unspecified atom stereocenters. The molecule has 36 heavy (non-hydrogen) atoms.